The first-order valence-corrected chi connectivity index (χ1v) is 10.1. The van der Waals surface area contributed by atoms with E-state index in [2.05, 4.69) is 0 Å². The van der Waals surface area contributed by atoms with Crippen LogP contribution in [0.1, 0.15) is 56.8 Å². The maximum absolute atomic E-state index is 12.5. The van der Waals surface area contributed by atoms with Crippen LogP contribution in [0.15, 0.2) is 48.5 Å². The zero-order valence-corrected chi connectivity index (χ0v) is 16.5. The Morgan fingerprint density at radius 1 is 0.800 bits per heavy atom. The van der Waals surface area contributed by atoms with Gasteiger partial charge in [-0.3, -0.25) is 14.4 Å². The monoisotopic (exact) mass is 406 g/mol. The summed E-state index contributed by atoms with van der Waals surface area (Å²) in [6, 6.07) is 12.7. The molecule has 7 heteroatoms. The highest BCUT2D eigenvalue weighted by molar-refractivity contribution is 6.34. The number of esters is 1. The summed E-state index contributed by atoms with van der Waals surface area (Å²) in [7, 11) is 0. The van der Waals surface area contributed by atoms with Gasteiger partial charge in [0, 0.05) is 13.1 Å². The van der Waals surface area contributed by atoms with Gasteiger partial charge in [-0.15, -0.1) is 0 Å². The molecule has 30 heavy (non-hydrogen) atoms. The normalized spacial score (nSPS) is 16.3. The van der Waals surface area contributed by atoms with E-state index >= 15 is 0 Å². The Bertz CT molecular complexity index is 956. The molecule has 2 aliphatic heterocycles. The summed E-state index contributed by atoms with van der Waals surface area (Å²) in [4.78, 5) is 52.5. The highest BCUT2D eigenvalue weighted by Crippen LogP contribution is 2.28. The molecule has 7 nitrogen and oxygen atoms in total. The maximum atomic E-state index is 12.5. The van der Waals surface area contributed by atoms with Gasteiger partial charge in [-0.2, -0.15) is 0 Å². The van der Waals surface area contributed by atoms with E-state index in [1.807, 2.05) is 0 Å². The van der Waals surface area contributed by atoms with Crippen molar-refractivity contribution < 1.29 is 23.9 Å². The largest absolute Gasteiger partial charge is 0.452 e. The molecule has 0 unspecified atom stereocenters. The van der Waals surface area contributed by atoms with Crippen molar-refractivity contribution in [3.05, 3.63) is 65.2 Å². The third-order valence-corrected chi connectivity index (χ3v) is 5.44. The minimum Gasteiger partial charge on any atom is -0.452 e. The van der Waals surface area contributed by atoms with Crippen LogP contribution in [0.4, 0.5) is 5.69 Å². The van der Waals surface area contributed by atoms with Crippen molar-refractivity contribution in [1.29, 1.82) is 0 Å². The number of hydrogen-bond donors (Lipinski definition) is 0. The fourth-order valence-electron chi connectivity index (χ4n) is 3.79. The molecule has 2 heterocycles. The SMILES string of the molecule is O=C(OCC(=O)N1CCCCCC1)c1ccc(N2C(=O)c3ccccc3C2=O)cc1. The van der Waals surface area contributed by atoms with Gasteiger partial charge < -0.3 is 9.64 Å². The Morgan fingerprint density at radius 3 is 1.93 bits per heavy atom. The molecule has 0 saturated carbocycles. The van der Waals surface area contributed by atoms with Gasteiger partial charge in [0.2, 0.25) is 0 Å². The zero-order valence-electron chi connectivity index (χ0n) is 16.5. The van der Waals surface area contributed by atoms with E-state index in [1.165, 1.54) is 24.3 Å². The summed E-state index contributed by atoms with van der Waals surface area (Å²) in [6.07, 6.45) is 4.17. The van der Waals surface area contributed by atoms with Crippen molar-refractivity contribution in [2.45, 2.75) is 25.7 Å². The van der Waals surface area contributed by atoms with Crippen LogP contribution in [0.5, 0.6) is 0 Å². The second-order valence-electron chi connectivity index (χ2n) is 7.41. The predicted octanol–water partition coefficient (Wildman–Crippen LogP) is 3.05. The Balaban J connectivity index is 1.39. The molecule has 4 rings (SSSR count). The lowest BCUT2D eigenvalue weighted by Crippen LogP contribution is -2.35. The molecular formula is C23H22N2O5. The summed E-state index contributed by atoms with van der Waals surface area (Å²) in [6.45, 7) is 1.11. The van der Waals surface area contributed by atoms with Gasteiger partial charge in [-0.1, -0.05) is 25.0 Å². The van der Waals surface area contributed by atoms with Gasteiger partial charge >= 0.3 is 5.97 Å². The molecule has 0 spiro atoms. The van der Waals surface area contributed by atoms with E-state index in [-0.39, 0.29) is 18.1 Å². The number of ether oxygens (including phenoxy) is 1. The van der Waals surface area contributed by atoms with Crippen molar-refractivity contribution in [3.8, 4) is 0 Å². The molecule has 0 N–H and O–H groups in total. The molecule has 0 atom stereocenters. The van der Waals surface area contributed by atoms with E-state index in [0.717, 1.165) is 30.6 Å². The molecule has 154 valence electrons. The number of hydrogen-bond acceptors (Lipinski definition) is 5. The minimum absolute atomic E-state index is 0.187. The number of anilines is 1. The number of rotatable bonds is 4. The Labute approximate surface area is 174 Å². The van der Waals surface area contributed by atoms with Crippen molar-refractivity contribution in [2.75, 3.05) is 24.6 Å². The number of nitrogens with zero attached hydrogens (tertiary/aromatic N) is 2. The van der Waals surface area contributed by atoms with E-state index in [0.29, 0.717) is 29.9 Å². The highest BCUT2D eigenvalue weighted by Gasteiger charge is 2.36. The van der Waals surface area contributed by atoms with Crippen molar-refractivity contribution in [1.82, 2.24) is 4.90 Å². The van der Waals surface area contributed by atoms with Crippen LogP contribution in [-0.4, -0.2) is 48.3 Å². The zero-order chi connectivity index (χ0) is 21.1. The second kappa shape index (κ2) is 8.49. The minimum atomic E-state index is -0.618. The third-order valence-electron chi connectivity index (χ3n) is 5.44. The van der Waals surface area contributed by atoms with Crippen LogP contribution >= 0.6 is 0 Å². The first-order chi connectivity index (χ1) is 14.6. The molecule has 2 aromatic carbocycles. The number of amides is 3. The van der Waals surface area contributed by atoms with Crippen LogP contribution in [0.25, 0.3) is 0 Å². The first-order valence-electron chi connectivity index (χ1n) is 10.1. The van der Waals surface area contributed by atoms with Crippen molar-refractivity contribution in [3.63, 3.8) is 0 Å². The quantitative estimate of drug-likeness (QED) is 0.576. The van der Waals surface area contributed by atoms with Gasteiger partial charge in [0.1, 0.15) is 0 Å². The predicted molar refractivity (Wildman–Crippen MR) is 109 cm³/mol. The average Bonchev–Trinajstić information content (AvgIpc) is 2.95. The topological polar surface area (TPSA) is 84.0 Å². The van der Waals surface area contributed by atoms with E-state index in [4.69, 9.17) is 4.74 Å². The van der Waals surface area contributed by atoms with Gasteiger partial charge in [-0.05, 0) is 49.2 Å². The number of carbonyl (C=O) groups excluding carboxylic acids is 4. The molecule has 2 aliphatic rings. The molecule has 0 aromatic heterocycles. The summed E-state index contributed by atoms with van der Waals surface area (Å²) in [5.41, 5.74) is 1.34. The lowest BCUT2D eigenvalue weighted by atomic mass is 10.1. The van der Waals surface area contributed by atoms with Gasteiger partial charge in [0.05, 0.1) is 22.4 Å². The number of benzene rings is 2. The van der Waals surface area contributed by atoms with Crippen LogP contribution in [0, 0.1) is 0 Å². The summed E-state index contributed by atoms with van der Waals surface area (Å²) >= 11 is 0. The standard InChI is InChI=1S/C23H22N2O5/c26-20(24-13-5-1-2-6-14-24)15-30-23(29)16-9-11-17(12-10-16)25-21(27)18-7-3-4-8-19(18)22(25)28/h3-4,7-12H,1-2,5-6,13-15H2. The smallest absolute Gasteiger partial charge is 0.338 e. The van der Waals surface area contributed by atoms with Crippen molar-refractivity contribution in [2.24, 2.45) is 0 Å². The maximum Gasteiger partial charge on any atom is 0.338 e. The van der Waals surface area contributed by atoms with E-state index in [9.17, 15) is 19.2 Å². The number of carbonyl (C=O) groups is 4. The molecule has 3 amide bonds. The van der Waals surface area contributed by atoms with Gasteiger partial charge in [0.15, 0.2) is 6.61 Å². The average molecular weight is 406 g/mol. The summed E-state index contributed by atoms with van der Waals surface area (Å²) in [5, 5.41) is 0. The fraction of sp³-hybridized carbons (Fsp3) is 0.304. The van der Waals surface area contributed by atoms with Crippen molar-refractivity contribution >= 4 is 29.4 Å². The van der Waals surface area contributed by atoms with Crippen LogP contribution < -0.4 is 4.90 Å². The second-order valence-corrected chi connectivity index (χ2v) is 7.41. The third kappa shape index (κ3) is 3.83. The number of fused-ring (bicyclic) bond motifs is 1. The summed E-state index contributed by atoms with van der Waals surface area (Å²) < 4.78 is 5.16. The lowest BCUT2D eigenvalue weighted by Gasteiger charge is -2.20. The highest BCUT2D eigenvalue weighted by atomic mass is 16.5. The molecule has 0 aliphatic carbocycles. The number of imide groups is 1. The fourth-order valence-corrected chi connectivity index (χ4v) is 3.79. The first kappa shape index (κ1) is 19.8. The molecular weight excluding hydrogens is 384 g/mol. The van der Waals surface area contributed by atoms with Crippen LogP contribution in [-0.2, 0) is 9.53 Å². The molecule has 2 aromatic rings. The molecule has 1 fully saturated rings. The van der Waals surface area contributed by atoms with Crippen LogP contribution in [0.3, 0.4) is 0 Å². The molecule has 1 saturated heterocycles. The Hall–Kier alpha value is -3.48. The van der Waals surface area contributed by atoms with Gasteiger partial charge in [-0.25, -0.2) is 9.69 Å². The van der Waals surface area contributed by atoms with E-state index < -0.39 is 17.8 Å². The summed E-state index contributed by atoms with van der Waals surface area (Å²) in [5.74, 6) is -1.59. The number of likely N-dealkylation sites (tertiary alicyclic amines) is 1. The van der Waals surface area contributed by atoms with Gasteiger partial charge in [0.25, 0.3) is 17.7 Å². The molecule has 0 bridgehead atoms. The Kier molecular flexibility index (Phi) is 5.61. The van der Waals surface area contributed by atoms with Crippen LogP contribution in [0.2, 0.25) is 0 Å². The lowest BCUT2D eigenvalue weighted by molar-refractivity contribution is -0.134. The van der Waals surface area contributed by atoms with E-state index in [1.54, 1.807) is 29.2 Å². The Morgan fingerprint density at radius 2 is 1.37 bits per heavy atom. The molecule has 0 radical (unpaired) electrons.